The molecule has 0 radical (unpaired) electrons. The number of hydrogen-bond donors (Lipinski definition) is 3. The Morgan fingerprint density at radius 3 is 2.22 bits per heavy atom. The second-order valence-electron chi connectivity index (χ2n) is 0.931. The Hall–Kier alpha value is -0.620. The first-order valence-corrected chi connectivity index (χ1v) is 3.11. The van der Waals surface area contributed by atoms with Gasteiger partial charge in [0.1, 0.15) is 0 Å². The quantitative estimate of drug-likeness (QED) is 0.370. The average molecular weight is 157 g/mol. The molecule has 0 aromatic rings. The van der Waals surface area contributed by atoms with Crippen LogP contribution in [0.3, 0.4) is 0 Å². The summed E-state index contributed by atoms with van der Waals surface area (Å²) in [5.41, 5.74) is 0. The molecule has 54 valence electrons. The van der Waals surface area contributed by atoms with Crippen LogP contribution in [0.5, 0.6) is 0 Å². The minimum absolute atomic E-state index is 1.92. The van der Waals surface area contributed by atoms with Gasteiger partial charge in [-0.05, 0) is 0 Å². The van der Waals surface area contributed by atoms with Gasteiger partial charge in [-0.3, -0.25) is 4.89 Å². The highest BCUT2D eigenvalue weighted by Crippen LogP contribution is 2.40. The molecule has 9 heavy (non-hydrogen) atoms. The molecule has 0 aromatic carbocycles. The Morgan fingerprint density at radius 2 is 2.11 bits per heavy atom. The molecule has 0 aliphatic carbocycles. The molecule has 0 saturated carbocycles. The maximum atomic E-state index is 10.00. The topological polar surface area (TPSA) is 119 Å². The van der Waals surface area contributed by atoms with Crippen molar-refractivity contribution in [3.05, 3.63) is 0 Å². The molecular weight excluding hydrogens is 153 g/mol. The van der Waals surface area contributed by atoms with E-state index in [1.807, 2.05) is 0 Å². The summed E-state index contributed by atoms with van der Waals surface area (Å²) in [6.07, 6.45) is -1.92. The highest BCUT2D eigenvalue weighted by molar-refractivity contribution is 7.47. The van der Waals surface area contributed by atoms with Crippen LogP contribution in [-0.2, 0) is 13.7 Å². The van der Waals surface area contributed by atoms with E-state index in [1.54, 1.807) is 0 Å². The Morgan fingerprint density at radius 1 is 1.67 bits per heavy atom. The fraction of sp³-hybridized carbons (Fsp3) is 0. The summed E-state index contributed by atoms with van der Waals surface area (Å²) in [7, 11) is -4.55. The highest BCUT2D eigenvalue weighted by Gasteiger charge is 2.24. The minimum Gasteiger partial charge on any atom is -0.449 e. The first-order chi connectivity index (χ1) is 3.98. The van der Waals surface area contributed by atoms with Crippen LogP contribution in [-0.4, -0.2) is 16.2 Å². The second-order valence-corrected chi connectivity index (χ2v) is 2.26. The molecule has 0 fully saturated rings. The van der Waals surface area contributed by atoms with E-state index >= 15 is 0 Å². The lowest BCUT2D eigenvalue weighted by Gasteiger charge is -2.02. The fourth-order valence-corrected chi connectivity index (χ4v) is 0.361. The lowest BCUT2D eigenvalue weighted by molar-refractivity contribution is 0.113. The molecule has 1 atom stereocenters. The smallest absolute Gasteiger partial charge is 0.449 e. The summed E-state index contributed by atoms with van der Waals surface area (Å²) in [5, 5.41) is 7.69. The van der Waals surface area contributed by atoms with Crippen LogP contribution in [0.2, 0.25) is 0 Å². The van der Waals surface area contributed by atoms with Crippen LogP contribution >= 0.6 is 7.82 Å². The number of carboxylic acid groups (broad SMARTS) is 1. The van der Waals surface area contributed by atoms with Crippen LogP contribution < -0.4 is 5.90 Å². The van der Waals surface area contributed by atoms with E-state index in [4.69, 9.17) is 10.00 Å². The van der Waals surface area contributed by atoms with Gasteiger partial charge in [-0.15, -0.1) is 0 Å². The van der Waals surface area contributed by atoms with Crippen molar-refractivity contribution in [2.24, 2.45) is 5.90 Å². The van der Waals surface area contributed by atoms with Crippen molar-refractivity contribution < 1.29 is 28.5 Å². The zero-order valence-electron chi connectivity index (χ0n) is 4.05. The number of carbonyl (C=O) groups is 1. The van der Waals surface area contributed by atoms with Crippen LogP contribution in [0.15, 0.2) is 0 Å². The summed E-state index contributed by atoms with van der Waals surface area (Å²) in [5.74, 6) is 4.15. The lowest BCUT2D eigenvalue weighted by Crippen LogP contribution is -2.03. The van der Waals surface area contributed by atoms with Crippen LogP contribution in [0.1, 0.15) is 0 Å². The summed E-state index contributed by atoms with van der Waals surface area (Å²) in [6.45, 7) is 0. The van der Waals surface area contributed by atoms with Crippen LogP contribution in [0.4, 0.5) is 4.79 Å². The van der Waals surface area contributed by atoms with Crippen molar-refractivity contribution in [2.75, 3.05) is 0 Å². The van der Waals surface area contributed by atoms with Gasteiger partial charge in [-0.1, -0.05) is 0 Å². The molecular formula is CH4NO6P. The number of rotatable bonds is 2. The predicted octanol–water partition coefficient (Wildman–Crippen LogP) is -0.328. The third kappa shape index (κ3) is 3.92. The summed E-state index contributed by atoms with van der Waals surface area (Å²) >= 11 is 0. The molecule has 4 N–H and O–H groups in total. The summed E-state index contributed by atoms with van der Waals surface area (Å²) < 4.78 is 16.5. The van der Waals surface area contributed by atoms with E-state index in [2.05, 4.69) is 15.0 Å². The largest absolute Gasteiger partial charge is 0.548 e. The molecule has 0 aromatic heterocycles. The lowest BCUT2D eigenvalue weighted by atomic mass is 11.5. The standard InChI is InChI=1S/CH4NO6P/c2-8-9(5,6)7-1(3)4/h2H2,(H,3,4)(H,5,6). The van der Waals surface area contributed by atoms with Crippen molar-refractivity contribution >= 4 is 14.0 Å². The maximum Gasteiger partial charge on any atom is 0.548 e. The minimum atomic E-state index is -4.55. The van der Waals surface area contributed by atoms with E-state index in [0.29, 0.717) is 0 Å². The molecule has 7 nitrogen and oxygen atoms in total. The van der Waals surface area contributed by atoms with E-state index in [-0.39, 0.29) is 0 Å². The molecule has 0 rings (SSSR count). The van der Waals surface area contributed by atoms with Crippen LogP contribution in [0.25, 0.3) is 0 Å². The number of phosphoric ester groups is 1. The van der Waals surface area contributed by atoms with Crippen molar-refractivity contribution in [1.29, 1.82) is 0 Å². The average Bonchev–Trinajstić information content (AvgIpc) is 1.63. The third-order valence-corrected chi connectivity index (χ3v) is 0.980. The van der Waals surface area contributed by atoms with Gasteiger partial charge >= 0.3 is 14.0 Å². The summed E-state index contributed by atoms with van der Waals surface area (Å²) in [4.78, 5) is 17.6. The van der Waals surface area contributed by atoms with Crippen molar-refractivity contribution in [2.45, 2.75) is 0 Å². The normalized spacial score (nSPS) is 16.2. The Labute approximate surface area is 49.6 Å². The van der Waals surface area contributed by atoms with Crippen molar-refractivity contribution in [3.63, 3.8) is 0 Å². The Balaban J connectivity index is 3.88. The van der Waals surface area contributed by atoms with E-state index in [1.165, 1.54) is 0 Å². The summed E-state index contributed by atoms with van der Waals surface area (Å²) in [6, 6.07) is 0. The van der Waals surface area contributed by atoms with Gasteiger partial charge in [-0.25, -0.2) is 15.3 Å². The third-order valence-electron chi connectivity index (χ3n) is 0.327. The Bertz CT molecular complexity index is 153. The first kappa shape index (κ1) is 8.38. The van der Waals surface area contributed by atoms with Gasteiger partial charge in [0.15, 0.2) is 0 Å². The second kappa shape index (κ2) is 2.79. The van der Waals surface area contributed by atoms with E-state index in [9.17, 15) is 9.36 Å². The molecule has 0 amide bonds. The van der Waals surface area contributed by atoms with Gasteiger partial charge in [0.05, 0.1) is 0 Å². The number of hydrogen-bond acceptors (Lipinski definition) is 5. The maximum absolute atomic E-state index is 10.00. The fourth-order valence-electron chi connectivity index (χ4n) is 0.120. The van der Waals surface area contributed by atoms with E-state index in [0.717, 1.165) is 0 Å². The zero-order chi connectivity index (χ0) is 7.49. The number of phosphoric acid groups is 1. The predicted molar refractivity (Wildman–Crippen MR) is 24.2 cm³/mol. The zero-order valence-corrected chi connectivity index (χ0v) is 4.95. The SMILES string of the molecule is NOP(=O)(O)OC(=O)O. The number of nitrogens with two attached hydrogens (primary N) is 1. The highest BCUT2D eigenvalue weighted by atomic mass is 31.2. The van der Waals surface area contributed by atoms with Gasteiger partial charge in [0, 0.05) is 0 Å². The Kier molecular flexibility index (Phi) is 2.60. The molecule has 1 unspecified atom stereocenters. The van der Waals surface area contributed by atoms with Crippen LogP contribution in [0, 0.1) is 0 Å². The van der Waals surface area contributed by atoms with Gasteiger partial charge in [0.25, 0.3) is 0 Å². The van der Waals surface area contributed by atoms with Gasteiger partial charge < -0.3 is 9.63 Å². The molecule has 0 spiro atoms. The van der Waals surface area contributed by atoms with Crippen molar-refractivity contribution in [3.8, 4) is 0 Å². The molecule has 0 bridgehead atoms. The molecule has 8 heteroatoms. The molecule has 0 heterocycles. The monoisotopic (exact) mass is 157 g/mol. The van der Waals surface area contributed by atoms with Crippen molar-refractivity contribution in [1.82, 2.24) is 0 Å². The first-order valence-electron chi connectivity index (χ1n) is 1.62. The molecule has 0 saturated heterocycles. The van der Waals surface area contributed by atoms with Gasteiger partial charge in [-0.2, -0.15) is 4.62 Å². The molecule has 0 aliphatic heterocycles. The van der Waals surface area contributed by atoms with Gasteiger partial charge in [0.2, 0.25) is 0 Å². The van der Waals surface area contributed by atoms with E-state index < -0.39 is 14.0 Å². The molecule has 0 aliphatic rings.